The monoisotopic (exact) mass is 523 g/mol. The highest BCUT2D eigenvalue weighted by molar-refractivity contribution is 6.31. The van der Waals surface area contributed by atoms with Gasteiger partial charge in [0.1, 0.15) is 17.7 Å². The fourth-order valence-corrected chi connectivity index (χ4v) is 5.85. The van der Waals surface area contributed by atoms with E-state index in [1.54, 1.807) is 12.1 Å². The molecule has 5 nitrogen and oxygen atoms in total. The van der Waals surface area contributed by atoms with Gasteiger partial charge in [-0.15, -0.1) is 0 Å². The minimum atomic E-state index is -0.485. The molecule has 2 heterocycles. The second-order valence-electron chi connectivity index (χ2n) is 10.7. The summed E-state index contributed by atoms with van der Waals surface area (Å²) in [6.45, 7) is 6.06. The lowest BCUT2D eigenvalue weighted by molar-refractivity contribution is -0.120. The Morgan fingerprint density at radius 3 is 2.57 bits per heavy atom. The van der Waals surface area contributed by atoms with Gasteiger partial charge in [-0.05, 0) is 87.6 Å². The quantitative estimate of drug-likeness (QED) is 0.381. The van der Waals surface area contributed by atoms with Crippen LogP contribution < -0.4 is 10.1 Å². The number of amides is 1. The minimum Gasteiger partial charge on any atom is -0.490 e. The third-order valence-corrected chi connectivity index (χ3v) is 7.77. The summed E-state index contributed by atoms with van der Waals surface area (Å²) in [6.07, 6.45) is 7.86. The smallest absolute Gasteiger partial charge is 0.224 e. The van der Waals surface area contributed by atoms with Crippen molar-refractivity contribution >= 4 is 28.4 Å². The number of nitrogens with zero attached hydrogens (tertiary/aromatic N) is 2. The maximum absolute atomic E-state index is 13.8. The summed E-state index contributed by atoms with van der Waals surface area (Å²) >= 11 is 6.07. The summed E-state index contributed by atoms with van der Waals surface area (Å²) in [4.78, 5) is 20.2. The topological polar surface area (TPSA) is 54.5 Å². The average molecular weight is 524 g/mol. The number of halogens is 2. The Balaban J connectivity index is 1.38. The van der Waals surface area contributed by atoms with Crippen molar-refractivity contribution in [2.45, 2.75) is 77.0 Å². The molecular formula is C30H35ClFN3O2. The third kappa shape index (κ3) is 6.24. The third-order valence-electron chi connectivity index (χ3n) is 7.48. The van der Waals surface area contributed by atoms with Crippen molar-refractivity contribution in [1.82, 2.24) is 15.2 Å². The first-order valence-corrected chi connectivity index (χ1v) is 13.8. The first-order valence-electron chi connectivity index (χ1n) is 13.4. The molecular weight excluding hydrogens is 489 g/mol. The predicted molar refractivity (Wildman–Crippen MR) is 147 cm³/mol. The maximum atomic E-state index is 13.8. The number of benzene rings is 2. The van der Waals surface area contributed by atoms with Gasteiger partial charge in [0.25, 0.3) is 0 Å². The van der Waals surface area contributed by atoms with Crippen LogP contribution in [0.1, 0.15) is 57.9 Å². The van der Waals surface area contributed by atoms with Crippen molar-refractivity contribution in [1.29, 1.82) is 0 Å². The van der Waals surface area contributed by atoms with Gasteiger partial charge in [-0.1, -0.05) is 24.4 Å². The Morgan fingerprint density at radius 2 is 1.86 bits per heavy atom. The van der Waals surface area contributed by atoms with Crippen molar-refractivity contribution in [3.05, 3.63) is 58.9 Å². The predicted octanol–water partition coefficient (Wildman–Crippen LogP) is 6.55. The zero-order valence-electron chi connectivity index (χ0n) is 21.6. The molecule has 2 fully saturated rings. The second kappa shape index (κ2) is 11.4. The van der Waals surface area contributed by atoms with Crippen LogP contribution in [0.15, 0.2) is 42.5 Å². The van der Waals surface area contributed by atoms with Crippen molar-refractivity contribution in [3.8, 4) is 17.0 Å². The first-order chi connectivity index (χ1) is 17.9. The number of likely N-dealkylation sites (tertiary alicyclic amines) is 1. The number of piperidine rings is 1. The molecule has 0 atom stereocenters. The van der Waals surface area contributed by atoms with Crippen LogP contribution in [0.2, 0.25) is 5.02 Å². The molecule has 1 amide bonds. The van der Waals surface area contributed by atoms with Crippen LogP contribution in [-0.4, -0.2) is 47.1 Å². The SMILES string of the molecule is CC(C)NC(=O)Cc1cc2cc(OC3CCN(C4CCCC4)CC3)ccc2nc1-c1ccc(F)c(Cl)c1. The molecule has 1 aliphatic carbocycles. The molecule has 1 aromatic heterocycles. The van der Waals surface area contributed by atoms with Gasteiger partial charge in [0.2, 0.25) is 5.91 Å². The average Bonchev–Trinajstić information content (AvgIpc) is 3.40. The van der Waals surface area contributed by atoms with Crippen molar-refractivity contribution in [3.63, 3.8) is 0 Å². The highest BCUT2D eigenvalue weighted by Gasteiger charge is 2.28. The normalized spacial score (nSPS) is 17.5. The fourth-order valence-electron chi connectivity index (χ4n) is 5.67. The molecule has 37 heavy (non-hydrogen) atoms. The maximum Gasteiger partial charge on any atom is 0.224 e. The lowest BCUT2D eigenvalue weighted by Crippen LogP contribution is -2.43. The van der Waals surface area contributed by atoms with E-state index in [4.69, 9.17) is 21.3 Å². The van der Waals surface area contributed by atoms with E-state index < -0.39 is 5.82 Å². The summed E-state index contributed by atoms with van der Waals surface area (Å²) in [5, 5.41) is 3.88. The number of carbonyl (C=O) groups is 1. The fraction of sp³-hybridized carbons (Fsp3) is 0.467. The Morgan fingerprint density at radius 1 is 1.11 bits per heavy atom. The van der Waals surface area contributed by atoms with Gasteiger partial charge in [-0.2, -0.15) is 0 Å². The lowest BCUT2D eigenvalue weighted by atomic mass is 10.00. The van der Waals surface area contributed by atoms with E-state index in [-0.39, 0.29) is 29.5 Å². The molecule has 3 aromatic rings. The molecule has 0 bridgehead atoms. The summed E-state index contributed by atoms with van der Waals surface area (Å²) < 4.78 is 20.2. The molecule has 1 saturated carbocycles. The Kier molecular flexibility index (Phi) is 7.96. The number of ether oxygens (including phenoxy) is 1. The number of pyridine rings is 1. The second-order valence-corrected chi connectivity index (χ2v) is 11.1. The standard InChI is InChI=1S/C30H35ClFN3O2/c1-19(2)33-29(36)18-22-15-21-16-25(37-24-11-13-35(14-12-24)23-5-3-4-6-23)8-10-28(21)34-30(22)20-7-9-27(32)26(31)17-20/h7-10,15-17,19,23-24H,3-6,11-14,18H2,1-2H3,(H,33,36). The zero-order chi connectivity index (χ0) is 25.9. The molecule has 7 heteroatoms. The molecule has 2 aromatic carbocycles. The molecule has 0 unspecified atom stereocenters. The lowest BCUT2D eigenvalue weighted by Gasteiger charge is -2.36. The molecule has 0 spiro atoms. The first kappa shape index (κ1) is 25.9. The Bertz CT molecular complexity index is 1270. The number of aromatic nitrogens is 1. The van der Waals surface area contributed by atoms with Crippen LogP contribution >= 0.6 is 11.6 Å². The Labute approximate surface area is 223 Å². The van der Waals surface area contributed by atoms with Crippen LogP contribution in [0.4, 0.5) is 4.39 Å². The van der Waals surface area contributed by atoms with Gasteiger partial charge < -0.3 is 15.0 Å². The zero-order valence-corrected chi connectivity index (χ0v) is 22.4. The molecule has 5 rings (SSSR count). The Hall–Kier alpha value is -2.70. The number of rotatable bonds is 7. The summed E-state index contributed by atoms with van der Waals surface area (Å²) in [6, 6.07) is 13.3. The van der Waals surface area contributed by atoms with E-state index >= 15 is 0 Å². The van der Waals surface area contributed by atoms with Crippen LogP contribution in [0.25, 0.3) is 22.2 Å². The van der Waals surface area contributed by atoms with Crippen LogP contribution in [-0.2, 0) is 11.2 Å². The van der Waals surface area contributed by atoms with Gasteiger partial charge in [0.15, 0.2) is 0 Å². The molecule has 1 N–H and O–H groups in total. The van der Waals surface area contributed by atoms with E-state index in [1.807, 2.05) is 38.1 Å². The van der Waals surface area contributed by atoms with Gasteiger partial charge in [-0.25, -0.2) is 9.37 Å². The van der Waals surface area contributed by atoms with Crippen LogP contribution in [0.3, 0.4) is 0 Å². The van der Waals surface area contributed by atoms with E-state index in [0.29, 0.717) is 11.3 Å². The number of fused-ring (bicyclic) bond motifs is 1. The number of hydrogen-bond donors (Lipinski definition) is 1. The number of hydrogen-bond acceptors (Lipinski definition) is 4. The number of nitrogens with one attached hydrogen (secondary N) is 1. The van der Waals surface area contributed by atoms with E-state index in [0.717, 1.165) is 54.2 Å². The van der Waals surface area contributed by atoms with Crippen molar-refractivity contribution in [2.24, 2.45) is 0 Å². The largest absolute Gasteiger partial charge is 0.490 e. The van der Waals surface area contributed by atoms with Crippen molar-refractivity contribution < 1.29 is 13.9 Å². The number of carbonyl (C=O) groups excluding carboxylic acids is 1. The van der Waals surface area contributed by atoms with Crippen LogP contribution in [0.5, 0.6) is 5.75 Å². The highest BCUT2D eigenvalue weighted by Crippen LogP contribution is 2.32. The summed E-state index contributed by atoms with van der Waals surface area (Å²) in [5.41, 5.74) is 2.85. The van der Waals surface area contributed by atoms with Gasteiger partial charge in [0, 0.05) is 36.1 Å². The summed E-state index contributed by atoms with van der Waals surface area (Å²) in [5.74, 6) is 0.247. The minimum absolute atomic E-state index is 0.0275. The van der Waals surface area contributed by atoms with Gasteiger partial charge in [0.05, 0.1) is 22.7 Å². The van der Waals surface area contributed by atoms with E-state index in [9.17, 15) is 9.18 Å². The van der Waals surface area contributed by atoms with Gasteiger partial charge in [-0.3, -0.25) is 4.79 Å². The van der Waals surface area contributed by atoms with E-state index in [1.165, 1.54) is 31.7 Å². The van der Waals surface area contributed by atoms with Crippen molar-refractivity contribution in [2.75, 3.05) is 13.1 Å². The molecule has 1 aliphatic heterocycles. The van der Waals surface area contributed by atoms with Gasteiger partial charge >= 0.3 is 0 Å². The molecule has 1 saturated heterocycles. The molecule has 0 radical (unpaired) electrons. The molecule has 196 valence electrons. The van der Waals surface area contributed by atoms with Crippen LogP contribution in [0, 0.1) is 5.82 Å². The highest BCUT2D eigenvalue weighted by atomic mass is 35.5. The van der Waals surface area contributed by atoms with E-state index in [2.05, 4.69) is 10.2 Å². The summed E-state index contributed by atoms with van der Waals surface area (Å²) in [7, 11) is 0. The molecule has 2 aliphatic rings.